The SMILES string of the molecule is O=C(O)N1CC=C(c2ccccc2C2CCCN2C(=O)C(F)(F)F)CC1. The van der Waals surface area contributed by atoms with Gasteiger partial charge in [0.2, 0.25) is 0 Å². The molecule has 26 heavy (non-hydrogen) atoms. The highest BCUT2D eigenvalue weighted by Gasteiger charge is 2.46. The molecule has 1 atom stereocenters. The van der Waals surface area contributed by atoms with Gasteiger partial charge < -0.3 is 14.9 Å². The van der Waals surface area contributed by atoms with E-state index < -0.39 is 24.2 Å². The van der Waals surface area contributed by atoms with E-state index in [1.165, 1.54) is 4.90 Å². The van der Waals surface area contributed by atoms with E-state index in [0.717, 1.165) is 16.0 Å². The lowest BCUT2D eigenvalue weighted by Crippen LogP contribution is -2.40. The summed E-state index contributed by atoms with van der Waals surface area (Å²) in [5.41, 5.74) is 2.39. The normalized spacial score (nSPS) is 20.9. The molecule has 1 N–H and O–H groups in total. The van der Waals surface area contributed by atoms with Gasteiger partial charge in [0.25, 0.3) is 0 Å². The number of halogens is 3. The summed E-state index contributed by atoms with van der Waals surface area (Å²) >= 11 is 0. The average molecular weight is 368 g/mol. The van der Waals surface area contributed by atoms with Gasteiger partial charge in [0.1, 0.15) is 0 Å². The van der Waals surface area contributed by atoms with Crippen LogP contribution in [0.25, 0.3) is 5.57 Å². The summed E-state index contributed by atoms with van der Waals surface area (Å²) in [5.74, 6) is -1.80. The number of carbonyl (C=O) groups is 2. The van der Waals surface area contributed by atoms with Crippen molar-refractivity contribution in [3.63, 3.8) is 0 Å². The molecule has 1 fully saturated rings. The van der Waals surface area contributed by atoms with Crippen LogP contribution in [0.1, 0.15) is 36.4 Å². The summed E-state index contributed by atoms with van der Waals surface area (Å²) in [5, 5.41) is 9.04. The summed E-state index contributed by atoms with van der Waals surface area (Å²) < 4.78 is 38.7. The molecule has 3 rings (SSSR count). The predicted octanol–water partition coefficient (Wildman–Crippen LogP) is 3.68. The van der Waals surface area contributed by atoms with E-state index in [1.807, 2.05) is 6.07 Å². The number of hydrogen-bond donors (Lipinski definition) is 1. The number of amides is 2. The lowest BCUT2D eigenvalue weighted by molar-refractivity contribution is -0.186. The van der Waals surface area contributed by atoms with Gasteiger partial charge in [-0.2, -0.15) is 13.2 Å². The molecule has 0 bridgehead atoms. The second kappa shape index (κ2) is 7.01. The third-order valence-corrected chi connectivity index (χ3v) is 4.90. The largest absolute Gasteiger partial charge is 0.471 e. The number of carboxylic acid groups (broad SMARTS) is 1. The first-order chi connectivity index (χ1) is 12.3. The van der Waals surface area contributed by atoms with Gasteiger partial charge in [0.15, 0.2) is 0 Å². The minimum Gasteiger partial charge on any atom is -0.465 e. The van der Waals surface area contributed by atoms with Crippen LogP contribution < -0.4 is 0 Å². The van der Waals surface area contributed by atoms with E-state index in [4.69, 9.17) is 5.11 Å². The van der Waals surface area contributed by atoms with Crippen LogP contribution in [-0.2, 0) is 4.79 Å². The molecule has 2 heterocycles. The van der Waals surface area contributed by atoms with Crippen LogP contribution in [0.5, 0.6) is 0 Å². The fourth-order valence-corrected chi connectivity index (χ4v) is 3.66. The highest BCUT2D eigenvalue weighted by atomic mass is 19.4. The number of likely N-dealkylation sites (tertiary alicyclic amines) is 1. The van der Waals surface area contributed by atoms with Crippen LogP contribution in [0.4, 0.5) is 18.0 Å². The molecule has 1 unspecified atom stereocenters. The zero-order valence-electron chi connectivity index (χ0n) is 14.0. The van der Waals surface area contributed by atoms with Gasteiger partial charge in [0, 0.05) is 19.6 Å². The Morgan fingerprint density at radius 2 is 1.88 bits per heavy atom. The lowest BCUT2D eigenvalue weighted by Gasteiger charge is -2.29. The van der Waals surface area contributed by atoms with Crippen molar-refractivity contribution in [2.45, 2.75) is 31.5 Å². The van der Waals surface area contributed by atoms with E-state index in [-0.39, 0.29) is 13.1 Å². The highest BCUT2D eigenvalue weighted by molar-refractivity contribution is 5.83. The van der Waals surface area contributed by atoms with Gasteiger partial charge in [-0.3, -0.25) is 4.79 Å². The number of alkyl halides is 3. The van der Waals surface area contributed by atoms with Crippen molar-refractivity contribution in [1.82, 2.24) is 9.80 Å². The summed E-state index contributed by atoms with van der Waals surface area (Å²) in [7, 11) is 0. The van der Waals surface area contributed by atoms with Crippen molar-refractivity contribution in [3.05, 3.63) is 41.5 Å². The zero-order valence-corrected chi connectivity index (χ0v) is 14.0. The smallest absolute Gasteiger partial charge is 0.465 e. The second-order valence-corrected chi connectivity index (χ2v) is 6.45. The van der Waals surface area contributed by atoms with Crippen LogP contribution in [0.15, 0.2) is 30.3 Å². The maximum Gasteiger partial charge on any atom is 0.471 e. The van der Waals surface area contributed by atoms with Crippen LogP contribution in [0.2, 0.25) is 0 Å². The van der Waals surface area contributed by atoms with Crippen molar-refractivity contribution in [2.24, 2.45) is 0 Å². The van der Waals surface area contributed by atoms with E-state index in [2.05, 4.69) is 0 Å². The van der Waals surface area contributed by atoms with Gasteiger partial charge in [-0.1, -0.05) is 30.3 Å². The van der Waals surface area contributed by atoms with Gasteiger partial charge in [-0.25, -0.2) is 4.79 Å². The molecule has 1 aromatic rings. The molecular formula is C18H19F3N2O3. The highest BCUT2D eigenvalue weighted by Crippen LogP contribution is 2.39. The first kappa shape index (κ1) is 18.3. The molecule has 0 aromatic heterocycles. The standard InChI is InChI=1S/C18H19F3N2O3/c19-18(20,21)16(24)23-9-3-6-15(23)14-5-2-1-4-13(14)12-7-10-22(11-8-12)17(25)26/h1-2,4-5,7,15H,3,6,8-11H2,(H,25,26). The van der Waals surface area contributed by atoms with Crippen LogP contribution in [0, 0.1) is 0 Å². The molecule has 0 radical (unpaired) electrons. The summed E-state index contributed by atoms with van der Waals surface area (Å²) in [4.78, 5) is 25.0. The maximum atomic E-state index is 12.9. The Labute approximate surface area is 148 Å². The zero-order chi connectivity index (χ0) is 18.9. The molecule has 2 aliphatic heterocycles. The third kappa shape index (κ3) is 3.54. The Hall–Kier alpha value is -2.51. The number of rotatable bonds is 2. The molecule has 8 heteroatoms. The molecule has 2 aliphatic rings. The van der Waals surface area contributed by atoms with Gasteiger partial charge in [0.05, 0.1) is 6.04 Å². The fourth-order valence-electron chi connectivity index (χ4n) is 3.66. The molecule has 1 saturated heterocycles. The fraction of sp³-hybridized carbons (Fsp3) is 0.444. The van der Waals surface area contributed by atoms with Gasteiger partial charge in [-0.05, 0) is 36.0 Å². The van der Waals surface area contributed by atoms with Crippen molar-refractivity contribution < 1.29 is 27.9 Å². The maximum absolute atomic E-state index is 12.9. The van der Waals surface area contributed by atoms with Crippen molar-refractivity contribution in [2.75, 3.05) is 19.6 Å². The molecule has 1 aromatic carbocycles. The number of carbonyl (C=O) groups excluding carboxylic acids is 1. The van der Waals surface area contributed by atoms with Crippen molar-refractivity contribution in [3.8, 4) is 0 Å². The first-order valence-electron chi connectivity index (χ1n) is 8.43. The molecule has 0 aliphatic carbocycles. The Bertz CT molecular complexity index is 745. The minimum atomic E-state index is -4.89. The molecular weight excluding hydrogens is 349 g/mol. The molecule has 0 spiro atoms. The first-order valence-corrected chi connectivity index (χ1v) is 8.43. The molecule has 0 saturated carbocycles. The minimum absolute atomic E-state index is 0.0865. The van der Waals surface area contributed by atoms with Crippen molar-refractivity contribution >= 4 is 17.6 Å². The monoisotopic (exact) mass is 368 g/mol. The van der Waals surface area contributed by atoms with Gasteiger partial charge >= 0.3 is 18.2 Å². The third-order valence-electron chi connectivity index (χ3n) is 4.90. The quantitative estimate of drug-likeness (QED) is 0.866. The summed E-state index contributed by atoms with van der Waals surface area (Å²) in [6.45, 7) is 0.670. The Morgan fingerprint density at radius 1 is 1.15 bits per heavy atom. The van der Waals surface area contributed by atoms with Crippen LogP contribution >= 0.6 is 0 Å². The van der Waals surface area contributed by atoms with E-state index in [0.29, 0.717) is 31.4 Å². The van der Waals surface area contributed by atoms with E-state index in [1.54, 1.807) is 24.3 Å². The number of hydrogen-bond acceptors (Lipinski definition) is 2. The van der Waals surface area contributed by atoms with Crippen LogP contribution in [0.3, 0.4) is 0 Å². The van der Waals surface area contributed by atoms with Gasteiger partial charge in [-0.15, -0.1) is 0 Å². The molecule has 2 amide bonds. The number of nitrogens with zero attached hydrogens (tertiary/aromatic N) is 2. The second-order valence-electron chi connectivity index (χ2n) is 6.45. The summed E-state index contributed by atoms with van der Waals surface area (Å²) in [6.07, 6.45) is -2.60. The Morgan fingerprint density at radius 3 is 2.50 bits per heavy atom. The van der Waals surface area contributed by atoms with Crippen LogP contribution in [-0.4, -0.2) is 52.7 Å². The lowest BCUT2D eigenvalue weighted by atomic mass is 9.90. The van der Waals surface area contributed by atoms with E-state index in [9.17, 15) is 22.8 Å². The number of benzene rings is 1. The Balaban J connectivity index is 1.90. The molecule has 140 valence electrons. The Kier molecular flexibility index (Phi) is 4.93. The summed E-state index contributed by atoms with van der Waals surface area (Å²) in [6, 6.07) is 6.52. The predicted molar refractivity (Wildman–Crippen MR) is 88.4 cm³/mol. The van der Waals surface area contributed by atoms with Crippen molar-refractivity contribution in [1.29, 1.82) is 0 Å². The average Bonchev–Trinajstić information content (AvgIpc) is 3.09. The topological polar surface area (TPSA) is 60.9 Å². The van der Waals surface area contributed by atoms with E-state index >= 15 is 0 Å². The molecule has 5 nitrogen and oxygen atoms in total.